The Bertz CT molecular complexity index is 1520. The molecule has 0 aliphatic rings. The van der Waals surface area contributed by atoms with Crippen LogP contribution in [0.5, 0.6) is 0 Å². The van der Waals surface area contributed by atoms with Gasteiger partial charge in [-0.05, 0) is 86.0 Å². The summed E-state index contributed by atoms with van der Waals surface area (Å²) in [7, 11) is 0. The lowest BCUT2D eigenvalue weighted by Crippen LogP contribution is -1.85. The standard InChI is InChI=1S/C33H30S2/c1-21-6-10-26(11-7-21)12-15-31-30(28-14-9-23(3)19-25(28)5)20-32(35-31)33-29(16-17-34-33)27-13-8-22(2)18-24(27)4/h6-20H,1-5H3. The van der Waals surface area contributed by atoms with Crippen LogP contribution in [0, 0.1) is 34.6 Å². The second-order valence-corrected chi connectivity index (χ2v) is 11.4. The van der Waals surface area contributed by atoms with Gasteiger partial charge in [-0.2, -0.15) is 0 Å². The van der Waals surface area contributed by atoms with Crippen LogP contribution < -0.4 is 0 Å². The van der Waals surface area contributed by atoms with Crippen molar-refractivity contribution in [2.24, 2.45) is 0 Å². The van der Waals surface area contributed by atoms with Crippen molar-refractivity contribution < 1.29 is 0 Å². The van der Waals surface area contributed by atoms with Crippen molar-refractivity contribution in [2.45, 2.75) is 34.6 Å². The molecular formula is C33H30S2. The SMILES string of the molecule is Cc1ccc(C=Cc2sc(-c3sccc3-c3ccc(C)cc3C)cc2-c2ccc(C)cc2C)cc1. The van der Waals surface area contributed by atoms with E-state index in [2.05, 4.69) is 125 Å². The van der Waals surface area contributed by atoms with Crippen molar-refractivity contribution in [1.29, 1.82) is 0 Å². The maximum absolute atomic E-state index is 2.40. The molecule has 35 heavy (non-hydrogen) atoms. The zero-order valence-corrected chi connectivity index (χ0v) is 22.6. The largest absolute Gasteiger partial charge is 0.142 e. The van der Waals surface area contributed by atoms with Gasteiger partial charge >= 0.3 is 0 Å². The van der Waals surface area contributed by atoms with Crippen LogP contribution in [0.4, 0.5) is 0 Å². The number of rotatable bonds is 5. The van der Waals surface area contributed by atoms with Gasteiger partial charge in [0.2, 0.25) is 0 Å². The van der Waals surface area contributed by atoms with E-state index >= 15 is 0 Å². The Kier molecular flexibility index (Phi) is 6.60. The highest BCUT2D eigenvalue weighted by Crippen LogP contribution is 2.45. The first-order valence-electron chi connectivity index (χ1n) is 12.0. The third-order valence-electron chi connectivity index (χ3n) is 6.50. The summed E-state index contributed by atoms with van der Waals surface area (Å²) in [4.78, 5) is 3.98. The number of benzene rings is 3. The first-order chi connectivity index (χ1) is 16.9. The lowest BCUT2D eigenvalue weighted by Gasteiger charge is -2.08. The fourth-order valence-electron chi connectivity index (χ4n) is 4.64. The molecule has 2 aromatic heterocycles. The maximum atomic E-state index is 2.40. The monoisotopic (exact) mass is 490 g/mol. The summed E-state index contributed by atoms with van der Waals surface area (Å²) in [5.41, 5.74) is 13.0. The predicted octanol–water partition coefficient (Wildman–Crippen LogP) is 10.5. The zero-order valence-electron chi connectivity index (χ0n) is 21.0. The average Bonchev–Trinajstić information content (AvgIpc) is 3.46. The van der Waals surface area contributed by atoms with E-state index in [1.165, 1.54) is 70.3 Å². The second-order valence-electron chi connectivity index (χ2n) is 9.43. The number of hydrogen-bond acceptors (Lipinski definition) is 2. The first kappa shape index (κ1) is 23.5. The fraction of sp³-hybridized carbons (Fsp3) is 0.152. The quantitative estimate of drug-likeness (QED) is 0.230. The summed E-state index contributed by atoms with van der Waals surface area (Å²) < 4.78 is 0. The van der Waals surface area contributed by atoms with Crippen molar-refractivity contribution in [3.05, 3.63) is 116 Å². The van der Waals surface area contributed by atoms with E-state index < -0.39 is 0 Å². The Hall–Kier alpha value is -3.20. The third-order valence-corrected chi connectivity index (χ3v) is 8.69. The van der Waals surface area contributed by atoms with Crippen LogP contribution in [0.1, 0.15) is 38.3 Å². The van der Waals surface area contributed by atoms with E-state index in [1.807, 2.05) is 22.7 Å². The molecule has 0 bridgehead atoms. The van der Waals surface area contributed by atoms with Gasteiger partial charge in [0.15, 0.2) is 0 Å². The minimum Gasteiger partial charge on any atom is -0.142 e. The normalized spacial score (nSPS) is 11.5. The van der Waals surface area contributed by atoms with Gasteiger partial charge in [-0.15, -0.1) is 22.7 Å². The van der Waals surface area contributed by atoms with E-state index in [4.69, 9.17) is 0 Å². The van der Waals surface area contributed by atoms with Crippen molar-refractivity contribution in [2.75, 3.05) is 0 Å². The van der Waals surface area contributed by atoms with Gasteiger partial charge in [0, 0.05) is 20.9 Å². The molecule has 0 aliphatic carbocycles. The van der Waals surface area contributed by atoms with E-state index in [0.29, 0.717) is 0 Å². The number of hydrogen-bond donors (Lipinski definition) is 0. The molecule has 0 atom stereocenters. The maximum Gasteiger partial charge on any atom is 0.0521 e. The summed E-state index contributed by atoms with van der Waals surface area (Å²) >= 11 is 3.73. The van der Waals surface area contributed by atoms with Gasteiger partial charge in [-0.1, -0.05) is 83.4 Å². The summed E-state index contributed by atoms with van der Waals surface area (Å²) in [5, 5.41) is 2.22. The van der Waals surface area contributed by atoms with E-state index in [0.717, 1.165) is 0 Å². The summed E-state index contributed by atoms with van der Waals surface area (Å²) in [6.45, 7) is 10.9. The molecule has 0 spiro atoms. The molecule has 5 rings (SSSR count). The van der Waals surface area contributed by atoms with Crippen molar-refractivity contribution in [3.8, 4) is 32.0 Å². The Labute approximate surface area is 217 Å². The van der Waals surface area contributed by atoms with E-state index in [-0.39, 0.29) is 0 Å². The van der Waals surface area contributed by atoms with Crippen molar-refractivity contribution in [3.63, 3.8) is 0 Å². The molecular weight excluding hydrogens is 460 g/mol. The smallest absolute Gasteiger partial charge is 0.0521 e. The van der Waals surface area contributed by atoms with Crippen LogP contribution in [-0.2, 0) is 0 Å². The molecule has 0 N–H and O–H groups in total. The molecule has 2 heterocycles. The van der Waals surface area contributed by atoms with E-state index in [1.54, 1.807) is 0 Å². The van der Waals surface area contributed by atoms with Crippen LogP contribution in [-0.4, -0.2) is 0 Å². The minimum atomic E-state index is 1.23. The molecule has 0 fully saturated rings. The molecule has 174 valence electrons. The molecule has 0 amide bonds. The third kappa shape index (κ3) is 4.96. The Balaban J connectivity index is 1.64. The molecule has 5 aromatic rings. The molecule has 0 aliphatic heterocycles. The fourth-order valence-corrected chi connectivity index (χ4v) is 6.77. The molecule has 2 heteroatoms. The van der Waals surface area contributed by atoms with Gasteiger partial charge in [0.1, 0.15) is 0 Å². The second kappa shape index (κ2) is 9.81. The molecule has 0 radical (unpaired) electrons. The molecule has 0 nitrogen and oxygen atoms in total. The predicted molar refractivity (Wildman–Crippen MR) is 158 cm³/mol. The lowest BCUT2D eigenvalue weighted by atomic mass is 9.97. The van der Waals surface area contributed by atoms with Gasteiger partial charge in [0.05, 0.1) is 4.88 Å². The summed E-state index contributed by atoms with van der Waals surface area (Å²) in [6.07, 6.45) is 4.53. The van der Waals surface area contributed by atoms with Gasteiger partial charge in [-0.3, -0.25) is 0 Å². The summed E-state index contributed by atoms with van der Waals surface area (Å²) in [5.74, 6) is 0. The van der Waals surface area contributed by atoms with Crippen LogP contribution in [0.2, 0.25) is 0 Å². The first-order valence-corrected chi connectivity index (χ1v) is 13.7. The lowest BCUT2D eigenvalue weighted by molar-refractivity contribution is 1.38. The average molecular weight is 491 g/mol. The van der Waals surface area contributed by atoms with Gasteiger partial charge < -0.3 is 0 Å². The molecule has 0 unspecified atom stereocenters. The van der Waals surface area contributed by atoms with Crippen LogP contribution >= 0.6 is 22.7 Å². The molecule has 3 aromatic carbocycles. The highest BCUT2D eigenvalue weighted by molar-refractivity contribution is 7.22. The van der Waals surface area contributed by atoms with Crippen LogP contribution in [0.3, 0.4) is 0 Å². The Morgan fingerprint density at radius 3 is 1.77 bits per heavy atom. The van der Waals surface area contributed by atoms with Crippen molar-refractivity contribution in [1.82, 2.24) is 0 Å². The molecule has 0 saturated heterocycles. The number of aryl methyl sites for hydroxylation is 5. The molecule has 0 saturated carbocycles. The Morgan fingerprint density at radius 1 is 0.543 bits per heavy atom. The van der Waals surface area contributed by atoms with Crippen LogP contribution in [0.25, 0.3) is 44.2 Å². The van der Waals surface area contributed by atoms with Crippen LogP contribution in [0.15, 0.2) is 78.2 Å². The van der Waals surface area contributed by atoms with Gasteiger partial charge in [0.25, 0.3) is 0 Å². The summed E-state index contributed by atoms with van der Waals surface area (Å²) in [6, 6.07) is 26.9. The highest BCUT2D eigenvalue weighted by atomic mass is 32.1. The van der Waals surface area contributed by atoms with Gasteiger partial charge in [-0.25, -0.2) is 0 Å². The number of thiophene rings is 2. The highest BCUT2D eigenvalue weighted by Gasteiger charge is 2.17. The van der Waals surface area contributed by atoms with Crippen molar-refractivity contribution >= 4 is 34.8 Å². The Morgan fingerprint density at radius 2 is 1.14 bits per heavy atom. The minimum absolute atomic E-state index is 1.23. The zero-order chi connectivity index (χ0) is 24.5. The van der Waals surface area contributed by atoms with E-state index in [9.17, 15) is 0 Å². The topological polar surface area (TPSA) is 0 Å².